The number of rotatable bonds is 2. The van der Waals surface area contributed by atoms with E-state index in [2.05, 4.69) is 9.97 Å². The Morgan fingerprint density at radius 3 is 2.89 bits per heavy atom. The van der Waals surface area contributed by atoms with Gasteiger partial charge in [-0.3, -0.25) is 0 Å². The summed E-state index contributed by atoms with van der Waals surface area (Å²) < 4.78 is 14.8. The monoisotopic (exact) mass is 267 g/mol. The molecule has 0 aromatic carbocycles. The van der Waals surface area contributed by atoms with Crippen LogP contribution in [0, 0.1) is 0 Å². The summed E-state index contributed by atoms with van der Waals surface area (Å²) in [7, 11) is 0. The van der Waals surface area contributed by atoms with E-state index in [1.165, 1.54) is 17.1 Å². The van der Waals surface area contributed by atoms with Gasteiger partial charge >= 0.3 is 0 Å². The number of nitrogens with two attached hydrogens (primary N) is 1. The largest absolute Gasteiger partial charge is 0.394 e. The molecule has 0 unspecified atom stereocenters. The summed E-state index contributed by atoms with van der Waals surface area (Å²) in [4.78, 5) is 7.85. The van der Waals surface area contributed by atoms with E-state index in [-0.39, 0.29) is 5.82 Å². The van der Waals surface area contributed by atoms with E-state index in [0.717, 1.165) is 0 Å². The molecule has 2 aromatic heterocycles. The quantitative estimate of drug-likeness (QED) is 0.528. The fraction of sp³-hybridized carbons (Fsp3) is 0.455. The number of nitrogens with zero attached hydrogens (tertiary/aromatic N) is 3. The number of anilines is 1. The highest BCUT2D eigenvalue weighted by molar-refractivity contribution is 5.86. The molecular formula is C11H14N4O4. The molecule has 3 heterocycles. The Morgan fingerprint density at radius 2 is 2.21 bits per heavy atom. The van der Waals surface area contributed by atoms with Crippen molar-refractivity contribution in [3.8, 4) is 0 Å². The maximum atomic E-state index is 10.0. The van der Waals surface area contributed by atoms with E-state index >= 15 is 0 Å². The molecule has 2 aromatic rings. The molecule has 1 aliphatic rings. The van der Waals surface area contributed by atoms with Gasteiger partial charge in [0.25, 0.3) is 0 Å². The number of fused-ring (bicyclic) bond motifs is 1. The fourth-order valence-electron chi connectivity index (χ4n) is 2.14. The van der Waals surface area contributed by atoms with Crippen LogP contribution in [0.25, 0.3) is 11.0 Å². The second-order valence-electron chi connectivity index (χ2n) is 4.29. The van der Waals surface area contributed by atoms with Crippen LogP contribution in [0.4, 0.5) is 5.82 Å². The number of aliphatic hydroxyl groups excluding tert-OH is 3. The first-order valence-corrected chi connectivity index (χ1v) is 5.72. The van der Waals surface area contributed by atoms with Crippen LogP contribution in [0.1, 0.15) is 7.57 Å². The normalized spacial score (nSPS) is 35.7. The molecule has 8 nitrogen and oxygen atoms in total. The molecule has 102 valence electrons. The third-order valence-electron chi connectivity index (χ3n) is 3.16. The van der Waals surface area contributed by atoms with E-state index in [9.17, 15) is 10.2 Å². The summed E-state index contributed by atoms with van der Waals surface area (Å²) in [5.41, 5.74) is 6.01. The maximum Gasteiger partial charge on any atom is 0.164 e. The first-order chi connectivity index (χ1) is 9.49. The van der Waals surface area contributed by atoms with Crippen LogP contribution in [-0.2, 0) is 4.74 Å². The first-order valence-electron chi connectivity index (χ1n) is 6.22. The molecule has 4 atom stereocenters. The van der Waals surface area contributed by atoms with Crippen molar-refractivity contribution in [2.24, 2.45) is 0 Å². The smallest absolute Gasteiger partial charge is 0.164 e. The van der Waals surface area contributed by atoms with Crippen molar-refractivity contribution >= 4 is 16.9 Å². The molecule has 1 fully saturated rings. The molecule has 0 spiro atoms. The number of hydrogen-bond acceptors (Lipinski definition) is 7. The van der Waals surface area contributed by atoms with Crippen LogP contribution in [0.2, 0.25) is 0 Å². The van der Waals surface area contributed by atoms with Crippen molar-refractivity contribution in [1.29, 1.82) is 0 Å². The highest BCUT2D eigenvalue weighted by Crippen LogP contribution is 2.32. The first kappa shape index (κ1) is 11.1. The maximum absolute atomic E-state index is 10.0. The molecule has 19 heavy (non-hydrogen) atoms. The van der Waals surface area contributed by atoms with Crippen molar-refractivity contribution in [2.45, 2.75) is 24.5 Å². The van der Waals surface area contributed by atoms with Crippen molar-refractivity contribution in [3.05, 3.63) is 18.6 Å². The SMILES string of the molecule is [2H][C@@]1(n2ccc3c(N)ncnc32)O[C@H](CO)[C@@H](O)[C@H]1O. The number of aliphatic hydroxyl groups is 3. The van der Waals surface area contributed by atoms with Crippen molar-refractivity contribution in [3.63, 3.8) is 0 Å². The Balaban J connectivity index is 2.13. The zero-order valence-electron chi connectivity index (χ0n) is 10.8. The Hall–Kier alpha value is -1.74. The Kier molecular flexibility index (Phi) is 2.59. The van der Waals surface area contributed by atoms with E-state index in [0.29, 0.717) is 11.0 Å². The number of nitrogen functional groups attached to an aromatic ring is 1. The molecular weight excluding hydrogens is 252 g/mol. The van der Waals surface area contributed by atoms with Crippen molar-refractivity contribution in [2.75, 3.05) is 12.3 Å². The number of aromatic nitrogens is 3. The highest BCUT2D eigenvalue weighted by Gasteiger charge is 2.43. The average Bonchev–Trinajstić information content (AvgIpc) is 2.96. The minimum absolute atomic E-state index is 0.240. The van der Waals surface area contributed by atoms with Gasteiger partial charge in [-0.25, -0.2) is 9.97 Å². The van der Waals surface area contributed by atoms with Crippen LogP contribution in [-0.4, -0.2) is 54.8 Å². The van der Waals surface area contributed by atoms with Crippen LogP contribution >= 0.6 is 0 Å². The van der Waals surface area contributed by atoms with Gasteiger partial charge in [-0.2, -0.15) is 0 Å². The van der Waals surface area contributed by atoms with Gasteiger partial charge in [0.05, 0.1) is 13.4 Å². The zero-order valence-corrected chi connectivity index (χ0v) is 9.84. The lowest BCUT2D eigenvalue weighted by Gasteiger charge is -2.17. The minimum atomic E-state index is -1.99. The Bertz CT molecular complexity index is 650. The predicted octanol–water partition coefficient (Wildman–Crippen LogP) is -1.38. The molecule has 8 heteroatoms. The molecule has 0 amide bonds. The lowest BCUT2D eigenvalue weighted by molar-refractivity contribution is -0.0508. The van der Waals surface area contributed by atoms with Gasteiger partial charge in [0, 0.05) is 6.20 Å². The van der Waals surface area contributed by atoms with E-state index in [1.54, 1.807) is 6.07 Å². The van der Waals surface area contributed by atoms with Crippen LogP contribution in [0.3, 0.4) is 0 Å². The Labute approximate surface area is 109 Å². The standard InChI is InChI=1S/C11H14N4O4/c12-9-5-1-2-15(10(5)14-4-13-9)11-8(18)7(17)6(3-16)19-11/h1-2,4,6-8,11,16-18H,3H2,(H2,12,13,14)/t6-,7-,8-,11-/m1/s1/i11D. The summed E-state index contributed by atoms with van der Waals surface area (Å²) in [5.74, 6) is 0.240. The zero-order chi connectivity index (χ0) is 14.5. The lowest BCUT2D eigenvalue weighted by atomic mass is 10.1. The van der Waals surface area contributed by atoms with Gasteiger partial charge in [-0.1, -0.05) is 0 Å². The van der Waals surface area contributed by atoms with E-state index < -0.39 is 31.1 Å². The van der Waals surface area contributed by atoms with Gasteiger partial charge in [-0.05, 0) is 6.07 Å². The molecule has 0 radical (unpaired) electrons. The summed E-state index contributed by atoms with van der Waals surface area (Å²) >= 11 is 0. The molecule has 0 saturated carbocycles. The van der Waals surface area contributed by atoms with Crippen LogP contribution in [0.5, 0.6) is 0 Å². The van der Waals surface area contributed by atoms with Crippen molar-refractivity contribution < 1.29 is 21.4 Å². The van der Waals surface area contributed by atoms with Gasteiger partial charge in [-0.15, -0.1) is 0 Å². The van der Waals surface area contributed by atoms with E-state index in [1.807, 2.05) is 0 Å². The third-order valence-corrected chi connectivity index (χ3v) is 3.16. The molecule has 1 aliphatic heterocycles. The van der Waals surface area contributed by atoms with Gasteiger partial charge in [0.2, 0.25) is 0 Å². The van der Waals surface area contributed by atoms with E-state index in [4.69, 9.17) is 16.9 Å². The highest BCUT2D eigenvalue weighted by atomic mass is 16.6. The topological polar surface area (TPSA) is 127 Å². The molecule has 5 N–H and O–H groups in total. The fourth-order valence-corrected chi connectivity index (χ4v) is 2.14. The minimum Gasteiger partial charge on any atom is -0.394 e. The summed E-state index contributed by atoms with van der Waals surface area (Å²) in [6.45, 7) is -0.505. The molecule has 1 saturated heterocycles. The molecule has 0 bridgehead atoms. The Morgan fingerprint density at radius 1 is 1.42 bits per heavy atom. The van der Waals surface area contributed by atoms with Crippen LogP contribution in [0.15, 0.2) is 18.6 Å². The molecule has 3 rings (SSSR count). The number of ether oxygens (including phenoxy) is 1. The predicted molar refractivity (Wildman–Crippen MR) is 64.9 cm³/mol. The average molecular weight is 267 g/mol. The summed E-state index contributed by atoms with van der Waals surface area (Å²) in [6, 6.07) is 1.59. The molecule has 0 aliphatic carbocycles. The third kappa shape index (κ3) is 1.77. The second kappa shape index (κ2) is 4.42. The van der Waals surface area contributed by atoms with Gasteiger partial charge in [0.1, 0.15) is 36.1 Å². The van der Waals surface area contributed by atoms with Gasteiger partial charge in [0.15, 0.2) is 6.20 Å². The second-order valence-corrected chi connectivity index (χ2v) is 4.29. The number of hydrogen-bond donors (Lipinski definition) is 4. The lowest BCUT2D eigenvalue weighted by Crippen LogP contribution is -2.33. The summed E-state index contributed by atoms with van der Waals surface area (Å²) in [5, 5.41) is 29.5. The van der Waals surface area contributed by atoms with Crippen molar-refractivity contribution in [1.82, 2.24) is 14.5 Å². The van der Waals surface area contributed by atoms with Gasteiger partial charge < -0.3 is 30.4 Å². The summed E-state index contributed by atoms with van der Waals surface area (Å²) in [6.07, 6.45) is -3.23. The van der Waals surface area contributed by atoms with Crippen LogP contribution < -0.4 is 5.73 Å².